The first-order chi connectivity index (χ1) is 9.88. The maximum atomic E-state index is 10.8. The first kappa shape index (κ1) is 15.9. The van der Waals surface area contributed by atoms with Gasteiger partial charge in [0.15, 0.2) is 0 Å². The third-order valence-corrected chi connectivity index (χ3v) is 3.87. The van der Waals surface area contributed by atoms with Crippen molar-refractivity contribution in [3.63, 3.8) is 0 Å². The van der Waals surface area contributed by atoms with E-state index in [4.69, 9.17) is 34.8 Å². The Balaban J connectivity index is 2.22. The van der Waals surface area contributed by atoms with E-state index in [0.29, 0.717) is 22.3 Å². The molecule has 0 unspecified atom stereocenters. The van der Waals surface area contributed by atoms with Crippen LogP contribution in [0.15, 0.2) is 30.3 Å². The molecule has 0 aromatic heterocycles. The van der Waals surface area contributed by atoms with Crippen LogP contribution < -0.4 is 5.32 Å². The van der Waals surface area contributed by atoms with Crippen LogP contribution in [0.5, 0.6) is 0 Å². The van der Waals surface area contributed by atoms with E-state index in [-0.39, 0.29) is 10.7 Å². The van der Waals surface area contributed by atoms with E-state index in [1.807, 2.05) is 0 Å². The fourth-order valence-corrected chi connectivity index (χ4v) is 2.48. The molecule has 2 rings (SSSR count). The summed E-state index contributed by atoms with van der Waals surface area (Å²) in [5, 5.41) is 15.2. The molecule has 0 amide bonds. The molecule has 0 bridgehead atoms. The Hall–Kier alpha value is -1.49. The number of nitro benzene ring substituents is 1. The molecule has 1 N–H and O–H groups in total. The summed E-state index contributed by atoms with van der Waals surface area (Å²) in [6.45, 7) is 2.21. The van der Waals surface area contributed by atoms with Crippen LogP contribution in [0.2, 0.25) is 15.1 Å². The lowest BCUT2D eigenvalue weighted by Crippen LogP contribution is -2.02. The predicted octanol–water partition coefficient (Wildman–Crippen LogP) is 5.48. The molecule has 0 fully saturated rings. The maximum absolute atomic E-state index is 10.8. The van der Waals surface area contributed by atoms with Gasteiger partial charge < -0.3 is 5.32 Å². The van der Waals surface area contributed by atoms with Crippen molar-refractivity contribution in [2.45, 2.75) is 13.5 Å². The number of anilines is 1. The van der Waals surface area contributed by atoms with Crippen LogP contribution in [-0.4, -0.2) is 4.92 Å². The average Bonchev–Trinajstić information content (AvgIpc) is 2.42. The molecule has 7 heteroatoms. The molecular weight excluding hydrogens is 335 g/mol. The number of halogens is 3. The second kappa shape index (κ2) is 6.52. The minimum atomic E-state index is -0.507. The fraction of sp³-hybridized carbons (Fsp3) is 0.143. The second-order valence-corrected chi connectivity index (χ2v) is 5.72. The van der Waals surface area contributed by atoms with Crippen molar-refractivity contribution in [2.24, 2.45) is 0 Å². The van der Waals surface area contributed by atoms with Crippen LogP contribution in [0, 0.1) is 17.0 Å². The molecular formula is C14H11Cl3N2O2. The minimum absolute atomic E-state index is 0.0882. The molecule has 0 aliphatic rings. The summed E-state index contributed by atoms with van der Waals surface area (Å²) < 4.78 is 0. The molecule has 2 aromatic rings. The quantitative estimate of drug-likeness (QED) is 0.590. The lowest BCUT2D eigenvalue weighted by atomic mass is 10.1. The van der Waals surface area contributed by atoms with Crippen molar-refractivity contribution in [3.8, 4) is 0 Å². The lowest BCUT2D eigenvalue weighted by Gasteiger charge is -2.11. The van der Waals surface area contributed by atoms with Gasteiger partial charge in [-0.1, -0.05) is 34.8 Å². The van der Waals surface area contributed by atoms with E-state index < -0.39 is 4.92 Å². The summed E-state index contributed by atoms with van der Waals surface area (Å²) >= 11 is 17.9. The summed E-state index contributed by atoms with van der Waals surface area (Å²) in [6, 6.07) is 8.16. The Kier molecular flexibility index (Phi) is 4.93. The Morgan fingerprint density at radius 1 is 1.14 bits per heavy atom. The van der Waals surface area contributed by atoms with Gasteiger partial charge in [0, 0.05) is 28.3 Å². The number of nitrogens with one attached hydrogen (secondary N) is 1. The molecule has 0 saturated carbocycles. The highest BCUT2D eigenvalue weighted by molar-refractivity contribution is 6.33. The molecule has 0 radical (unpaired) electrons. The van der Waals surface area contributed by atoms with E-state index in [0.717, 1.165) is 11.1 Å². The molecule has 0 saturated heterocycles. The standard InChI is InChI=1S/C14H11Cl3N2O2/c1-8-4-14(19(20)21)12(17)6-13(8)18-7-9-5-10(15)2-3-11(9)16/h2-6,18H,7H2,1H3. The predicted molar refractivity (Wildman–Crippen MR) is 86.6 cm³/mol. The van der Waals surface area contributed by atoms with Crippen molar-refractivity contribution >= 4 is 46.2 Å². The molecule has 21 heavy (non-hydrogen) atoms. The Morgan fingerprint density at radius 3 is 2.52 bits per heavy atom. The molecule has 2 aromatic carbocycles. The molecule has 0 atom stereocenters. The Labute approximate surface area is 136 Å². The van der Waals surface area contributed by atoms with Gasteiger partial charge in [0.1, 0.15) is 5.02 Å². The van der Waals surface area contributed by atoms with Crippen molar-refractivity contribution < 1.29 is 4.92 Å². The van der Waals surface area contributed by atoms with E-state index >= 15 is 0 Å². The van der Waals surface area contributed by atoms with Crippen molar-refractivity contribution in [2.75, 3.05) is 5.32 Å². The highest BCUT2D eigenvalue weighted by Crippen LogP contribution is 2.31. The van der Waals surface area contributed by atoms with Gasteiger partial charge in [-0.15, -0.1) is 0 Å². The number of rotatable bonds is 4. The highest BCUT2D eigenvalue weighted by atomic mass is 35.5. The van der Waals surface area contributed by atoms with Gasteiger partial charge in [0.2, 0.25) is 0 Å². The summed E-state index contributed by atoms with van der Waals surface area (Å²) in [5.41, 5.74) is 2.16. The molecule has 0 aliphatic carbocycles. The molecule has 0 aliphatic heterocycles. The fourth-order valence-electron chi connectivity index (χ4n) is 1.87. The summed E-state index contributed by atoms with van der Waals surface area (Å²) in [6.07, 6.45) is 0. The van der Waals surface area contributed by atoms with Crippen molar-refractivity contribution in [1.29, 1.82) is 0 Å². The normalized spacial score (nSPS) is 10.5. The molecule has 110 valence electrons. The smallest absolute Gasteiger partial charge is 0.288 e. The first-order valence-electron chi connectivity index (χ1n) is 6.01. The zero-order valence-corrected chi connectivity index (χ0v) is 13.3. The van der Waals surface area contributed by atoms with E-state index in [2.05, 4.69) is 5.32 Å². The van der Waals surface area contributed by atoms with Gasteiger partial charge in [-0.25, -0.2) is 0 Å². The topological polar surface area (TPSA) is 55.2 Å². The average molecular weight is 346 g/mol. The van der Waals surface area contributed by atoms with Crippen LogP contribution in [0.3, 0.4) is 0 Å². The number of hydrogen-bond donors (Lipinski definition) is 1. The Bertz CT molecular complexity index is 705. The number of benzene rings is 2. The zero-order valence-electron chi connectivity index (χ0n) is 11.0. The zero-order chi connectivity index (χ0) is 15.6. The number of nitrogens with zero attached hydrogens (tertiary/aromatic N) is 1. The van der Waals surface area contributed by atoms with Crippen LogP contribution in [0.1, 0.15) is 11.1 Å². The third kappa shape index (κ3) is 3.79. The molecule has 0 heterocycles. The van der Waals surface area contributed by atoms with E-state index in [9.17, 15) is 10.1 Å². The summed E-state index contributed by atoms with van der Waals surface area (Å²) in [5.74, 6) is 0. The number of nitro groups is 1. The monoisotopic (exact) mass is 344 g/mol. The summed E-state index contributed by atoms with van der Waals surface area (Å²) in [4.78, 5) is 10.3. The number of hydrogen-bond acceptors (Lipinski definition) is 3. The Morgan fingerprint density at radius 2 is 1.86 bits per heavy atom. The first-order valence-corrected chi connectivity index (χ1v) is 7.14. The maximum Gasteiger partial charge on any atom is 0.288 e. The van der Waals surface area contributed by atoms with Crippen molar-refractivity contribution in [3.05, 3.63) is 66.6 Å². The van der Waals surface area contributed by atoms with E-state index in [1.54, 1.807) is 25.1 Å². The lowest BCUT2D eigenvalue weighted by molar-refractivity contribution is -0.384. The van der Waals surface area contributed by atoms with Crippen molar-refractivity contribution in [1.82, 2.24) is 0 Å². The third-order valence-electron chi connectivity index (χ3n) is 2.97. The van der Waals surface area contributed by atoms with E-state index in [1.165, 1.54) is 12.1 Å². The second-order valence-electron chi connectivity index (χ2n) is 4.46. The van der Waals surface area contributed by atoms with Gasteiger partial charge in [0.05, 0.1) is 4.92 Å². The van der Waals surface area contributed by atoms with Crippen LogP contribution >= 0.6 is 34.8 Å². The molecule has 0 spiro atoms. The molecule has 4 nitrogen and oxygen atoms in total. The number of aryl methyl sites for hydroxylation is 1. The van der Waals surface area contributed by atoms with Crippen LogP contribution in [0.25, 0.3) is 0 Å². The SMILES string of the molecule is Cc1cc([N+](=O)[O-])c(Cl)cc1NCc1cc(Cl)ccc1Cl. The van der Waals surface area contributed by atoms with Crippen LogP contribution in [-0.2, 0) is 6.54 Å². The highest BCUT2D eigenvalue weighted by Gasteiger charge is 2.15. The minimum Gasteiger partial charge on any atom is -0.381 e. The van der Waals surface area contributed by atoms with Gasteiger partial charge in [-0.05, 0) is 42.3 Å². The van der Waals surface area contributed by atoms with Gasteiger partial charge >= 0.3 is 0 Å². The summed E-state index contributed by atoms with van der Waals surface area (Å²) in [7, 11) is 0. The van der Waals surface area contributed by atoms with Crippen LogP contribution in [0.4, 0.5) is 11.4 Å². The van der Waals surface area contributed by atoms with Gasteiger partial charge in [-0.3, -0.25) is 10.1 Å². The van der Waals surface area contributed by atoms with Gasteiger partial charge in [0.25, 0.3) is 5.69 Å². The van der Waals surface area contributed by atoms with Gasteiger partial charge in [-0.2, -0.15) is 0 Å². The largest absolute Gasteiger partial charge is 0.381 e.